The number of aromatic nitrogens is 2. The van der Waals surface area contributed by atoms with Gasteiger partial charge in [-0.05, 0) is 30.5 Å². The third kappa shape index (κ3) is 3.37. The Hall–Kier alpha value is -1.95. The molecule has 0 fully saturated rings. The standard InChI is InChI=1S/C17H18F3N3/c1-11-4-3-5-13(12(11)2)9-23-7-6-15-14(10-23)8-21-16(22-15)17(18,19)20/h3-5,8H,6-7,9-10H2,1-2H3. The Labute approximate surface area is 133 Å². The largest absolute Gasteiger partial charge is 0.451 e. The van der Waals surface area contributed by atoms with E-state index < -0.39 is 12.0 Å². The van der Waals surface area contributed by atoms with Gasteiger partial charge in [0, 0.05) is 37.8 Å². The summed E-state index contributed by atoms with van der Waals surface area (Å²) in [6, 6.07) is 6.21. The van der Waals surface area contributed by atoms with Crippen LogP contribution in [0.2, 0.25) is 0 Å². The summed E-state index contributed by atoms with van der Waals surface area (Å²) in [6.45, 7) is 6.25. The van der Waals surface area contributed by atoms with Crippen LogP contribution in [0.3, 0.4) is 0 Å². The summed E-state index contributed by atoms with van der Waals surface area (Å²) in [5, 5.41) is 0. The molecule has 0 aliphatic carbocycles. The van der Waals surface area contributed by atoms with Gasteiger partial charge in [0.1, 0.15) is 0 Å². The molecule has 0 unspecified atom stereocenters. The molecule has 1 aromatic carbocycles. The molecule has 1 aliphatic rings. The molecule has 122 valence electrons. The molecular weight excluding hydrogens is 303 g/mol. The first-order valence-electron chi connectivity index (χ1n) is 7.54. The molecule has 6 heteroatoms. The van der Waals surface area contributed by atoms with Gasteiger partial charge in [-0.3, -0.25) is 4.90 Å². The van der Waals surface area contributed by atoms with Gasteiger partial charge < -0.3 is 0 Å². The molecule has 23 heavy (non-hydrogen) atoms. The Morgan fingerprint density at radius 1 is 1.22 bits per heavy atom. The van der Waals surface area contributed by atoms with E-state index in [1.54, 1.807) is 0 Å². The molecule has 3 rings (SSSR count). The molecule has 0 N–H and O–H groups in total. The summed E-state index contributed by atoms with van der Waals surface area (Å²) in [4.78, 5) is 9.39. The minimum absolute atomic E-state index is 0.518. The minimum atomic E-state index is -4.48. The number of hydrogen-bond acceptors (Lipinski definition) is 3. The van der Waals surface area contributed by atoms with Gasteiger partial charge in [-0.1, -0.05) is 18.2 Å². The predicted molar refractivity (Wildman–Crippen MR) is 80.8 cm³/mol. The van der Waals surface area contributed by atoms with Gasteiger partial charge in [-0.25, -0.2) is 9.97 Å². The zero-order valence-corrected chi connectivity index (χ0v) is 13.1. The number of hydrogen-bond donors (Lipinski definition) is 0. The SMILES string of the molecule is Cc1cccc(CN2CCc3nc(C(F)(F)F)ncc3C2)c1C. The lowest BCUT2D eigenvalue weighted by molar-refractivity contribution is -0.145. The molecule has 3 nitrogen and oxygen atoms in total. The molecule has 0 saturated heterocycles. The average molecular weight is 321 g/mol. The number of halogens is 3. The fourth-order valence-electron chi connectivity index (χ4n) is 2.87. The van der Waals surface area contributed by atoms with E-state index in [1.807, 2.05) is 6.07 Å². The number of fused-ring (bicyclic) bond motifs is 1. The third-order valence-corrected chi connectivity index (χ3v) is 4.38. The normalized spacial score (nSPS) is 15.5. The lowest BCUT2D eigenvalue weighted by Gasteiger charge is -2.28. The van der Waals surface area contributed by atoms with E-state index in [2.05, 4.69) is 40.8 Å². The van der Waals surface area contributed by atoms with Crippen LogP contribution >= 0.6 is 0 Å². The predicted octanol–water partition coefficient (Wildman–Crippen LogP) is 3.67. The maximum absolute atomic E-state index is 12.7. The molecule has 0 saturated carbocycles. The molecule has 1 aliphatic heterocycles. The first-order valence-corrected chi connectivity index (χ1v) is 7.54. The van der Waals surface area contributed by atoms with Gasteiger partial charge in [-0.2, -0.15) is 13.2 Å². The first kappa shape index (κ1) is 15.9. The molecule has 0 amide bonds. The van der Waals surface area contributed by atoms with Gasteiger partial charge in [0.25, 0.3) is 0 Å². The molecule has 0 atom stereocenters. The zero-order chi connectivity index (χ0) is 16.6. The monoisotopic (exact) mass is 321 g/mol. The first-order chi connectivity index (χ1) is 10.8. The fraction of sp³-hybridized carbons (Fsp3) is 0.412. The van der Waals surface area contributed by atoms with Crippen LogP contribution in [-0.4, -0.2) is 21.4 Å². The van der Waals surface area contributed by atoms with Crippen molar-refractivity contribution in [3.63, 3.8) is 0 Å². The van der Waals surface area contributed by atoms with Crippen molar-refractivity contribution in [3.05, 3.63) is 58.2 Å². The maximum atomic E-state index is 12.7. The Morgan fingerprint density at radius 2 is 2.00 bits per heavy atom. The highest BCUT2D eigenvalue weighted by molar-refractivity contribution is 5.33. The van der Waals surface area contributed by atoms with Crippen LogP contribution in [0.25, 0.3) is 0 Å². The summed E-state index contributed by atoms with van der Waals surface area (Å²) in [5.41, 5.74) is 5.07. The van der Waals surface area contributed by atoms with E-state index in [4.69, 9.17) is 0 Å². The van der Waals surface area contributed by atoms with Gasteiger partial charge in [-0.15, -0.1) is 0 Å². The van der Waals surface area contributed by atoms with E-state index in [-0.39, 0.29) is 0 Å². The second kappa shape index (κ2) is 5.92. The summed E-state index contributed by atoms with van der Waals surface area (Å²) in [5.74, 6) is -1.04. The summed E-state index contributed by atoms with van der Waals surface area (Å²) < 4.78 is 38.0. The van der Waals surface area contributed by atoms with Crippen LogP contribution < -0.4 is 0 Å². The third-order valence-electron chi connectivity index (χ3n) is 4.38. The second-order valence-electron chi connectivity index (χ2n) is 5.98. The molecule has 2 heterocycles. The van der Waals surface area contributed by atoms with Crippen LogP contribution in [0, 0.1) is 13.8 Å². The zero-order valence-electron chi connectivity index (χ0n) is 13.1. The van der Waals surface area contributed by atoms with Crippen molar-refractivity contribution in [2.75, 3.05) is 6.54 Å². The highest BCUT2D eigenvalue weighted by Crippen LogP contribution is 2.28. The Kier molecular flexibility index (Phi) is 4.10. The van der Waals surface area contributed by atoms with Crippen molar-refractivity contribution in [2.45, 2.75) is 39.5 Å². The number of alkyl halides is 3. The van der Waals surface area contributed by atoms with Gasteiger partial charge in [0.15, 0.2) is 0 Å². The lowest BCUT2D eigenvalue weighted by Crippen LogP contribution is -2.31. The Bertz CT molecular complexity index is 726. The second-order valence-corrected chi connectivity index (χ2v) is 5.98. The Balaban J connectivity index is 1.77. The van der Waals surface area contributed by atoms with Crippen molar-refractivity contribution in [2.24, 2.45) is 0 Å². The molecule has 2 aromatic rings. The van der Waals surface area contributed by atoms with Crippen LogP contribution in [0.1, 0.15) is 33.8 Å². The quantitative estimate of drug-likeness (QED) is 0.845. The minimum Gasteiger partial charge on any atom is -0.294 e. The van der Waals surface area contributed by atoms with E-state index in [9.17, 15) is 13.2 Å². The number of aryl methyl sites for hydroxylation is 1. The van der Waals surface area contributed by atoms with Crippen LogP contribution in [0.4, 0.5) is 13.2 Å². The fourth-order valence-corrected chi connectivity index (χ4v) is 2.87. The number of benzene rings is 1. The van der Waals surface area contributed by atoms with Crippen LogP contribution in [-0.2, 0) is 25.7 Å². The smallest absolute Gasteiger partial charge is 0.294 e. The number of nitrogens with zero attached hydrogens (tertiary/aromatic N) is 3. The van der Waals surface area contributed by atoms with Crippen molar-refractivity contribution < 1.29 is 13.2 Å². The van der Waals surface area contributed by atoms with E-state index in [0.29, 0.717) is 25.2 Å². The van der Waals surface area contributed by atoms with E-state index in [1.165, 1.54) is 22.9 Å². The van der Waals surface area contributed by atoms with Gasteiger partial charge in [0.05, 0.1) is 5.69 Å². The number of rotatable bonds is 2. The summed E-state index contributed by atoms with van der Waals surface area (Å²) >= 11 is 0. The lowest BCUT2D eigenvalue weighted by atomic mass is 10.0. The van der Waals surface area contributed by atoms with Crippen molar-refractivity contribution >= 4 is 0 Å². The maximum Gasteiger partial charge on any atom is 0.451 e. The topological polar surface area (TPSA) is 29.0 Å². The molecule has 0 bridgehead atoms. The Morgan fingerprint density at radius 3 is 2.74 bits per heavy atom. The van der Waals surface area contributed by atoms with Gasteiger partial charge >= 0.3 is 6.18 Å². The van der Waals surface area contributed by atoms with Crippen LogP contribution in [0.5, 0.6) is 0 Å². The average Bonchev–Trinajstić information content (AvgIpc) is 2.50. The van der Waals surface area contributed by atoms with Crippen molar-refractivity contribution in [1.82, 2.24) is 14.9 Å². The summed E-state index contributed by atoms with van der Waals surface area (Å²) in [7, 11) is 0. The summed E-state index contributed by atoms with van der Waals surface area (Å²) in [6.07, 6.45) is -2.64. The van der Waals surface area contributed by atoms with E-state index in [0.717, 1.165) is 12.1 Å². The molecule has 0 radical (unpaired) electrons. The van der Waals surface area contributed by atoms with E-state index >= 15 is 0 Å². The molecular formula is C17H18F3N3. The van der Waals surface area contributed by atoms with Crippen molar-refractivity contribution in [1.29, 1.82) is 0 Å². The molecule has 0 spiro atoms. The highest BCUT2D eigenvalue weighted by Gasteiger charge is 2.35. The van der Waals surface area contributed by atoms with Gasteiger partial charge in [0.2, 0.25) is 5.82 Å². The highest BCUT2D eigenvalue weighted by atomic mass is 19.4. The van der Waals surface area contributed by atoms with Crippen molar-refractivity contribution in [3.8, 4) is 0 Å². The van der Waals surface area contributed by atoms with Crippen LogP contribution in [0.15, 0.2) is 24.4 Å². The molecule has 1 aromatic heterocycles.